The second-order valence-corrected chi connectivity index (χ2v) is 7.97. The topological polar surface area (TPSA) is 33.1 Å². The fourth-order valence-corrected chi connectivity index (χ4v) is 3.17. The average Bonchev–Trinajstić information content (AvgIpc) is 2.69. The minimum absolute atomic E-state index is 0.107. The molecule has 0 aliphatic heterocycles. The highest BCUT2D eigenvalue weighted by molar-refractivity contribution is 8.48. The maximum absolute atomic E-state index is 12.5. The summed E-state index contributed by atoms with van der Waals surface area (Å²) < 4.78 is 62.7. The van der Waals surface area contributed by atoms with Crippen LogP contribution in [0, 0.1) is 18.8 Å². The molecule has 116 valence electrons. The van der Waals surface area contributed by atoms with Crippen molar-refractivity contribution >= 4 is 21.6 Å². The second kappa shape index (κ2) is 4.34. The van der Waals surface area contributed by atoms with Gasteiger partial charge >= 0.3 is 10.2 Å². The minimum Gasteiger partial charge on any atom is -0.396 e. The Hall–Kier alpha value is -1.33. The predicted octanol–water partition coefficient (Wildman–Crippen LogP) is 4.42. The number of aryl methyl sites for hydroxylation is 1. The van der Waals surface area contributed by atoms with Gasteiger partial charge in [0.15, 0.2) is 4.91 Å². The van der Waals surface area contributed by atoms with E-state index in [1.165, 1.54) is 17.3 Å². The van der Waals surface area contributed by atoms with E-state index in [2.05, 4.69) is 10.9 Å². The van der Waals surface area contributed by atoms with Gasteiger partial charge in [0.05, 0.1) is 11.6 Å². The van der Waals surface area contributed by atoms with E-state index in [4.69, 9.17) is 5.11 Å². The summed E-state index contributed by atoms with van der Waals surface area (Å²) in [6.45, 7) is 1.65. The van der Waals surface area contributed by atoms with E-state index in [1.54, 1.807) is 12.7 Å². The molecule has 1 aliphatic carbocycles. The van der Waals surface area contributed by atoms with Crippen molar-refractivity contribution in [3.63, 3.8) is 0 Å². The van der Waals surface area contributed by atoms with Crippen LogP contribution in [0.15, 0.2) is 16.7 Å². The average molecular weight is 343 g/mol. The number of hydrogen-bond acceptors (Lipinski definition) is 3. The molecule has 0 spiro atoms. The van der Waals surface area contributed by atoms with Crippen molar-refractivity contribution in [1.82, 2.24) is 4.98 Å². The lowest BCUT2D eigenvalue weighted by molar-refractivity contribution is 0.298. The quantitative estimate of drug-likeness (QED) is 0.499. The van der Waals surface area contributed by atoms with E-state index < -0.39 is 21.0 Å². The Bertz CT molecular complexity index is 717. The fourth-order valence-electron chi connectivity index (χ4n) is 1.64. The van der Waals surface area contributed by atoms with Crippen LogP contribution in [0.3, 0.4) is 0 Å². The first-order valence-electron chi connectivity index (χ1n) is 5.70. The van der Waals surface area contributed by atoms with E-state index in [0.29, 0.717) is 17.1 Å². The maximum atomic E-state index is 12.5. The van der Waals surface area contributed by atoms with Gasteiger partial charge in [0.2, 0.25) is 0 Å². The van der Waals surface area contributed by atoms with Gasteiger partial charge < -0.3 is 5.11 Å². The zero-order chi connectivity index (χ0) is 16.0. The molecule has 1 N–H and O–H groups in total. The molecule has 9 heteroatoms. The van der Waals surface area contributed by atoms with Crippen LogP contribution in [0.2, 0.25) is 0 Å². The Morgan fingerprint density at radius 3 is 2.48 bits per heavy atom. The first-order chi connectivity index (χ1) is 9.40. The van der Waals surface area contributed by atoms with Gasteiger partial charge in [-0.1, -0.05) is 31.1 Å². The van der Waals surface area contributed by atoms with E-state index in [-0.39, 0.29) is 6.61 Å². The van der Waals surface area contributed by atoms with Crippen LogP contribution in [0.25, 0.3) is 0 Å². The Morgan fingerprint density at radius 1 is 1.33 bits per heavy atom. The molecule has 2 rings (SSSR count). The molecule has 0 saturated heterocycles. The van der Waals surface area contributed by atoms with Gasteiger partial charge in [0.1, 0.15) is 5.01 Å². The molecule has 0 radical (unpaired) electrons. The van der Waals surface area contributed by atoms with E-state index >= 15 is 0 Å². The molecule has 1 atom stereocenters. The van der Waals surface area contributed by atoms with Crippen LogP contribution in [0.1, 0.15) is 21.5 Å². The molecule has 1 heterocycles. The summed E-state index contributed by atoms with van der Waals surface area (Å²) in [6.07, 6.45) is 1.17. The summed E-state index contributed by atoms with van der Waals surface area (Å²) in [6, 6.07) is 0. The summed E-state index contributed by atoms with van der Waals surface area (Å²) >= 11 is 1.20. The molecular formula is C12H10F5NOS2. The number of rotatable bonds is 4. The Kier molecular flexibility index (Phi) is 3.31. The van der Waals surface area contributed by atoms with Crippen LogP contribution < -0.4 is 0 Å². The first kappa shape index (κ1) is 16.0. The number of allylic oxidation sites excluding steroid dienone is 1. The number of aliphatic hydroxyl groups excluding tert-OH is 1. The Labute approximate surface area is 121 Å². The van der Waals surface area contributed by atoms with Crippen LogP contribution >= 0.6 is 21.6 Å². The van der Waals surface area contributed by atoms with Gasteiger partial charge in [-0.3, -0.25) is 0 Å². The summed E-state index contributed by atoms with van der Waals surface area (Å²) in [5.74, 6) is 2.80. The number of aliphatic hydroxyl groups is 1. The third-order valence-electron chi connectivity index (χ3n) is 2.63. The summed E-state index contributed by atoms with van der Waals surface area (Å²) in [5, 5.41) is 9.25. The first-order valence-corrected chi connectivity index (χ1v) is 8.47. The van der Waals surface area contributed by atoms with Gasteiger partial charge in [0, 0.05) is 17.9 Å². The SMILES string of the molecule is Cc1sc(C2C#CC(S(F)(F)(F)(F)F)=C=C2)nc1CCO. The smallest absolute Gasteiger partial charge is 0.324 e. The zero-order valence-electron chi connectivity index (χ0n) is 10.7. The van der Waals surface area contributed by atoms with Crippen LogP contribution in [-0.2, 0) is 6.42 Å². The molecule has 1 aliphatic rings. The summed E-state index contributed by atoms with van der Waals surface area (Å²) in [7, 11) is -9.76. The number of nitrogens with zero attached hydrogens (tertiary/aromatic N) is 1. The van der Waals surface area contributed by atoms with Crippen LogP contribution in [-0.4, -0.2) is 16.7 Å². The minimum atomic E-state index is -9.76. The van der Waals surface area contributed by atoms with Crippen molar-refractivity contribution < 1.29 is 24.5 Å². The van der Waals surface area contributed by atoms with E-state index in [1.807, 2.05) is 0 Å². The number of hydrogen-bond donors (Lipinski definition) is 1. The second-order valence-electron chi connectivity index (χ2n) is 4.38. The van der Waals surface area contributed by atoms with Crippen molar-refractivity contribution in [3.8, 4) is 11.8 Å². The summed E-state index contributed by atoms with van der Waals surface area (Å²) in [5.41, 5.74) is 2.18. The highest BCUT2D eigenvalue weighted by Gasteiger charge is 2.67. The van der Waals surface area contributed by atoms with Gasteiger partial charge in [-0.05, 0) is 18.9 Å². The Morgan fingerprint density at radius 2 is 2.00 bits per heavy atom. The number of halogens is 5. The number of aromatic nitrogens is 1. The molecule has 0 saturated carbocycles. The normalized spacial score (nSPS) is 21.1. The molecule has 21 heavy (non-hydrogen) atoms. The molecule has 0 fully saturated rings. The Balaban J connectivity index is 2.36. The molecule has 0 bridgehead atoms. The molecule has 0 aromatic carbocycles. The monoisotopic (exact) mass is 343 g/mol. The van der Waals surface area contributed by atoms with Gasteiger partial charge in [-0.15, -0.1) is 11.3 Å². The van der Waals surface area contributed by atoms with Crippen molar-refractivity contribution in [1.29, 1.82) is 0 Å². The van der Waals surface area contributed by atoms with Crippen molar-refractivity contribution in [2.24, 2.45) is 0 Å². The lowest BCUT2D eigenvalue weighted by Crippen LogP contribution is -2.08. The largest absolute Gasteiger partial charge is 0.396 e. The predicted molar refractivity (Wildman–Crippen MR) is 72.9 cm³/mol. The standard InChI is InChI=1S/C12H10F5NOS2/c1-8-11(6-7-19)18-12(20-8)9-2-4-10(5-3-9)21(13,14,15,16)17/h2,9,19H,6-7H2,1H3. The molecule has 0 amide bonds. The third-order valence-corrected chi connectivity index (χ3v) is 4.72. The molecule has 1 unspecified atom stereocenters. The zero-order valence-corrected chi connectivity index (χ0v) is 12.3. The molecule has 2 nitrogen and oxygen atoms in total. The van der Waals surface area contributed by atoms with Crippen LogP contribution in [0.5, 0.6) is 0 Å². The highest BCUT2D eigenvalue weighted by Crippen LogP contribution is 3.01. The maximum Gasteiger partial charge on any atom is 0.324 e. The van der Waals surface area contributed by atoms with Crippen molar-refractivity contribution in [2.45, 2.75) is 19.3 Å². The highest BCUT2D eigenvalue weighted by atomic mass is 32.5. The molecule has 1 aromatic rings. The molecule has 1 aromatic heterocycles. The van der Waals surface area contributed by atoms with Crippen molar-refractivity contribution in [3.05, 3.63) is 32.3 Å². The van der Waals surface area contributed by atoms with Gasteiger partial charge in [-0.2, -0.15) is 0 Å². The van der Waals surface area contributed by atoms with Gasteiger partial charge in [0.25, 0.3) is 0 Å². The van der Waals surface area contributed by atoms with E-state index in [9.17, 15) is 19.4 Å². The lowest BCUT2D eigenvalue weighted by atomic mass is 10.1. The lowest BCUT2D eigenvalue weighted by Gasteiger charge is -2.39. The van der Waals surface area contributed by atoms with Gasteiger partial charge in [-0.25, -0.2) is 4.98 Å². The third kappa shape index (κ3) is 3.66. The summed E-state index contributed by atoms with van der Waals surface area (Å²) in [4.78, 5) is 2.77. The number of thiazole rings is 1. The van der Waals surface area contributed by atoms with E-state index in [0.717, 1.165) is 11.0 Å². The van der Waals surface area contributed by atoms with Crippen LogP contribution in [0.4, 0.5) is 19.4 Å². The van der Waals surface area contributed by atoms with Crippen molar-refractivity contribution in [2.75, 3.05) is 6.61 Å². The molecular weight excluding hydrogens is 333 g/mol. The fraction of sp³-hybridized carbons (Fsp3) is 0.333.